The van der Waals surface area contributed by atoms with E-state index in [2.05, 4.69) is 20.6 Å². The van der Waals surface area contributed by atoms with Crippen molar-refractivity contribution in [2.75, 3.05) is 25.5 Å². The molecule has 0 fully saturated rings. The van der Waals surface area contributed by atoms with Crippen LogP contribution in [0, 0.1) is 0 Å². The van der Waals surface area contributed by atoms with Crippen LogP contribution in [0.5, 0.6) is 0 Å². The third-order valence-corrected chi connectivity index (χ3v) is 3.71. The minimum Gasteiger partial charge on any atom is -0.384 e. The van der Waals surface area contributed by atoms with Gasteiger partial charge in [0, 0.05) is 44.9 Å². The molecule has 0 unspecified atom stereocenters. The zero-order valence-electron chi connectivity index (χ0n) is 13.6. The van der Waals surface area contributed by atoms with Gasteiger partial charge < -0.3 is 15.5 Å². The highest BCUT2D eigenvalue weighted by molar-refractivity contribution is 5.74. The second-order valence-corrected chi connectivity index (χ2v) is 5.32. The molecule has 2 heterocycles. The lowest BCUT2D eigenvalue weighted by Crippen LogP contribution is -2.39. The first-order chi connectivity index (χ1) is 11.2. The minimum absolute atomic E-state index is 0.00604. The molecule has 0 saturated carbocycles. The average molecular weight is 313 g/mol. The van der Waals surface area contributed by atoms with E-state index in [4.69, 9.17) is 0 Å². The number of pyridine rings is 2. The number of nitrogens with zero attached hydrogens (tertiary/aromatic N) is 3. The summed E-state index contributed by atoms with van der Waals surface area (Å²) in [6.45, 7) is 3.41. The van der Waals surface area contributed by atoms with E-state index in [1.165, 1.54) is 0 Å². The van der Waals surface area contributed by atoms with Crippen LogP contribution in [0.1, 0.15) is 24.9 Å². The lowest BCUT2D eigenvalue weighted by atomic mass is 10.1. The summed E-state index contributed by atoms with van der Waals surface area (Å²) in [6.07, 6.45) is 7.84. The van der Waals surface area contributed by atoms with E-state index in [1.807, 2.05) is 31.2 Å². The molecule has 2 rings (SSSR count). The maximum absolute atomic E-state index is 12.2. The molecule has 1 atom stereocenters. The Morgan fingerprint density at radius 2 is 1.96 bits per heavy atom. The summed E-state index contributed by atoms with van der Waals surface area (Å²) in [5.74, 6) is 0. The highest BCUT2D eigenvalue weighted by atomic mass is 16.2. The summed E-state index contributed by atoms with van der Waals surface area (Å²) in [6, 6.07) is 7.63. The number of hydrogen-bond donors (Lipinski definition) is 2. The fraction of sp³-hybridized carbons (Fsp3) is 0.353. The van der Waals surface area contributed by atoms with Crippen molar-refractivity contribution in [3.63, 3.8) is 0 Å². The summed E-state index contributed by atoms with van der Waals surface area (Å²) < 4.78 is 0. The number of hydrogen-bond acceptors (Lipinski definition) is 4. The number of nitrogens with one attached hydrogen (secondary N) is 2. The predicted octanol–water partition coefficient (Wildman–Crippen LogP) is 2.68. The van der Waals surface area contributed by atoms with Crippen molar-refractivity contribution in [2.45, 2.75) is 19.4 Å². The van der Waals surface area contributed by atoms with Gasteiger partial charge in [-0.25, -0.2) is 4.79 Å². The van der Waals surface area contributed by atoms with Crippen molar-refractivity contribution in [3.05, 3.63) is 54.6 Å². The van der Waals surface area contributed by atoms with Gasteiger partial charge in [-0.05, 0) is 43.2 Å². The van der Waals surface area contributed by atoms with Crippen LogP contribution in [0.15, 0.2) is 49.1 Å². The number of urea groups is 1. The molecule has 2 aromatic rings. The van der Waals surface area contributed by atoms with E-state index in [0.717, 1.165) is 24.2 Å². The average Bonchev–Trinajstić information content (AvgIpc) is 2.61. The summed E-state index contributed by atoms with van der Waals surface area (Å²) in [4.78, 5) is 21.9. The molecule has 0 aliphatic carbocycles. The fourth-order valence-corrected chi connectivity index (χ4v) is 2.15. The Balaban J connectivity index is 1.68. The fourth-order valence-electron chi connectivity index (χ4n) is 2.15. The number of carbonyl (C=O) groups excluding carboxylic acids is 1. The Bertz CT molecular complexity index is 590. The Labute approximate surface area is 137 Å². The molecule has 23 heavy (non-hydrogen) atoms. The smallest absolute Gasteiger partial charge is 0.317 e. The molecule has 2 N–H and O–H groups in total. The molecule has 122 valence electrons. The summed E-state index contributed by atoms with van der Waals surface area (Å²) >= 11 is 0. The third-order valence-electron chi connectivity index (χ3n) is 3.71. The third kappa shape index (κ3) is 5.25. The van der Waals surface area contributed by atoms with Crippen LogP contribution in [0.25, 0.3) is 0 Å². The lowest BCUT2D eigenvalue weighted by Gasteiger charge is -2.25. The van der Waals surface area contributed by atoms with Gasteiger partial charge in [0.15, 0.2) is 0 Å². The van der Waals surface area contributed by atoms with E-state index in [-0.39, 0.29) is 12.1 Å². The molecule has 6 heteroatoms. The normalized spacial score (nSPS) is 11.6. The highest BCUT2D eigenvalue weighted by Crippen LogP contribution is 2.17. The first-order valence-electron chi connectivity index (χ1n) is 7.73. The van der Waals surface area contributed by atoms with Crippen LogP contribution in [-0.2, 0) is 0 Å². The molecule has 0 aliphatic heterocycles. The van der Waals surface area contributed by atoms with Crippen molar-refractivity contribution >= 4 is 11.7 Å². The second-order valence-electron chi connectivity index (χ2n) is 5.32. The SMILES string of the molecule is C[C@@H](c1ccncc1)N(C)C(=O)NCCCNc1cccnc1. The summed E-state index contributed by atoms with van der Waals surface area (Å²) in [5.41, 5.74) is 2.05. The molecule has 2 amide bonds. The topological polar surface area (TPSA) is 70.2 Å². The van der Waals surface area contributed by atoms with Crippen molar-refractivity contribution in [2.24, 2.45) is 0 Å². The van der Waals surface area contributed by atoms with Gasteiger partial charge in [-0.1, -0.05) is 0 Å². The number of amides is 2. The summed E-state index contributed by atoms with van der Waals surface area (Å²) in [7, 11) is 1.80. The van der Waals surface area contributed by atoms with Crippen molar-refractivity contribution in [3.8, 4) is 0 Å². The zero-order chi connectivity index (χ0) is 16.5. The van der Waals surface area contributed by atoms with Gasteiger partial charge in [0.05, 0.1) is 11.7 Å². The van der Waals surface area contributed by atoms with Gasteiger partial charge in [0.25, 0.3) is 0 Å². The van der Waals surface area contributed by atoms with Gasteiger partial charge in [0.2, 0.25) is 0 Å². The van der Waals surface area contributed by atoms with E-state index >= 15 is 0 Å². The minimum atomic E-state index is -0.0734. The second kappa shape index (κ2) is 8.73. The van der Waals surface area contributed by atoms with Crippen LogP contribution in [0.3, 0.4) is 0 Å². The van der Waals surface area contributed by atoms with Crippen LogP contribution >= 0.6 is 0 Å². The van der Waals surface area contributed by atoms with Crippen LogP contribution < -0.4 is 10.6 Å². The number of aromatic nitrogens is 2. The van der Waals surface area contributed by atoms with Gasteiger partial charge in [-0.3, -0.25) is 9.97 Å². The number of carbonyl (C=O) groups is 1. The molecule has 0 bridgehead atoms. The Morgan fingerprint density at radius 3 is 2.65 bits per heavy atom. The zero-order valence-corrected chi connectivity index (χ0v) is 13.6. The molecule has 6 nitrogen and oxygen atoms in total. The monoisotopic (exact) mass is 313 g/mol. The largest absolute Gasteiger partial charge is 0.384 e. The van der Waals surface area contributed by atoms with E-state index in [1.54, 1.807) is 36.7 Å². The first kappa shape index (κ1) is 16.7. The number of anilines is 1. The van der Waals surface area contributed by atoms with Crippen molar-refractivity contribution < 1.29 is 4.79 Å². The Hall–Kier alpha value is -2.63. The first-order valence-corrected chi connectivity index (χ1v) is 7.73. The van der Waals surface area contributed by atoms with Crippen molar-refractivity contribution in [1.82, 2.24) is 20.2 Å². The van der Waals surface area contributed by atoms with E-state index < -0.39 is 0 Å². The lowest BCUT2D eigenvalue weighted by molar-refractivity contribution is 0.194. The number of rotatable bonds is 7. The van der Waals surface area contributed by atoms with Gasteiger partial charge in [0.1, 0.15) is 0 Å². The molecule has 0 spiro atoms. The van der Waals surface area contributed by atoms with Gasteiger partial charge in [-0.2, -0.15) is 0 Å². The Kier molecular flexibility index (Phi) is 6.35. The molecule has 2 aromatic heterocycles. The maximum atomic E-state index is 12.2. The molecule has 0 radical (unpaired) electrons. The van der Waals surface area contributed by atoms with Gasteiger partial charge in [-0.15, -0.1) is 0 Å². The molecule has 0 aliphatic rings. The van der Waals surface area contributed by atoms with Crippen LogP contribution in [-0.4, -0.2) is 41.0 Å². The molecular formula is C17H23N5O. The molecule has 0 aromatic carbocycles. The van der Waals surface area contributed by atoms with E-state index in [9.17, 15) is 4.79 Å². The standard InChI is InChI=1S/C17H23N5O/c1-14(15-6-11-18-12-7-15)22(2)17(23)21-10-4-9-20-16-5-3-8-19-13-16/h3,5-8,11-14,20H,4,9-10H2,1-2H3,(H,21,23)/t14-/m0/s1. The van der Waals surface area contributed by atoms with Crippen molar-refractivity contribution in [1.29, 1.82) is 0 Å². The molecular weight excluding hydrogens is 290 g/mol. The van der Waals surface area contributed by atoms with E-state index in [0.29, 0.717) is 6.54 Å². The van der Waals surface area contributed by atoms with Gasteiger partial charge >= 0.3 is 6.03 Å². The molecule has 0 saturated heterocycles. The maximum Gasteiger partial charge on any atom is 0.317 e. The quantitative estimate of drug-likeness (QED) is 0.771. The van der Waals surface area contributed by atoms with Crippen LogP contribution in [0.4, 0.5) is 10.5 Å². The highest BCUT2D eigenvalue weighted by Gasteiger charge is 2.16. The predicted molar refractivity (Wildman–Crippen MR) is 91.2 cm³/mol. The Morgan fingerprint density at radius 1 is 1.17 bits per heavy atom. The van der Waals surface area contributed by atoms with Crippen LogP contribution in [0.2, 0.25) is 0 Å². The summed E-state index contributed by atoms with van der Waals surface area (Å²) in [5, 5.41) is 6.20.